The number of aliphatic hydroxyl groups is 1. The van der Waals surface area contributed by atoms with Crippen LogP contribution in [0.25, 0.3) is 0 Å². The SMILES string of the molecule is Cc1cc(C(O)Cc2ccc(F)c(F)c2)ccc1F. The van der Waals surface area contributed by atoms with Crippen LogP contribution >= 0.6 is 0 Å². The number of aliphatic hydroxyl groups excluding tert-OH is 1. The third kappa shape index (κ3) is 3.15. The molecule has 0 aromatic heterocycles. The molecular weight excluding hydrogens is 253 g/mol. The Labute approximate surface area is 109 Å². The molecule has 0 radical (unpaired) electrons. The fraction of sp³-hybridized carbons (Fsp3) is 0.200. The lowest BCUT2D eigenvalue weighted by atomic mass is 10.00. The average molecular weight is 266 g/mol. The van der Waals surface area contributed by atoms with Gasteiger partial charge in [0, 0.05) is 6.42 Å². The molecule has 100 valence electrons. The standard InChI is InChI=1S/C15H13F3O/c1-9-6-11(3-5-12(9)16)15(19)8-10-2-4-13(17)14(18)7-10/h2-7,15,19H,8H2,1H3. The maximum absolute atomic E-state index is 13.1. The molecule has 1 N–H and O–H groups in total. The summed E-state index contributed by atoms with van der Waals surface area (Å²) in [7, 11) is 0. The topological polar surface area (TPSA) is 20.2 Å². The van der Waals surface area contributed by atoms with Gasteiger partial charge in [-0.25, -0.2) is 13.2 Å². The van der Waals surface area contributed by atoms with Crippen LogP contribution in [0.5, 0.6) is 0 Å². The summed E-state index contributed by atoms with van der Waals surface area (Å²) >= 11 is 0. The van der Waals surface area contributed by atoms with Crippen LogP contribution < -0.4 is 0 Å². The van der Waals surface area contributed by atoms with Crippen molar-refractivity contribution in [3.63, 3.8) is 0 Å². The van der Waals surface area contributed by atoms with Gasteiger partial charge in [-0.15, -0.1) is 0 Å². The molecule has 0 fully saturated rings. The van der Waals surface area contributed by atoms with Gasteiger partial charge >= 0.3 is 0 Å². The molecule has 0 amide bonds. The number of hydrogen-bond donors (Lipinski definition) is 1. The second kappa shape index (κ2) is 5.45. The van der Waals surface area contributed by atoms with Gasteiger partial charge in [0.1, 0.15) is 5.82 Å². The van der Waals surface area contributed by atoms with Crippen LogP contribution in [0.2, 0.25) is 0 Å². The molecular formula is C15H13F3O. The van der Waals surface area contributed by atoms with Crippen LogP contribution in [0.4, 0.5) is 13.2 Å². The Kier molecular flexibility index (Phi) is 3.90. The number of hydrogen-bond acceptors (Lipinski definition) is 1. The van der Waals surface area contributed by atoms with E-state index in [2.05, 4.69) is 0 Å². The summed E-state index contributed by atoms with van der Waals surface area (Å²) in [6, 6.07) is 7.78. The first-order valence-corrected chi connectivity index (χ1v) is 5.85. The van der Waals surface area contributed by atoms with Crippen molar-refractivity contribution < 1.29 is 18.3 Å². The molecule has 2 rings (SSSR count). The van der Waals surface area contributed by atoms with Gasteiger partial charge in [0.15, 0.2) is 11.6 Å². The number of benzene rings is 2. The van der Waals surface area contributed by atoms with Crippen LogP contribution in [0, 0.1) is 24.4 Å². The molecule has 0 spiro atoms. The monoisotopic (exact) mass is 266 g/mol. The van der Waals surface area contributed by atoms with Crippen LogP contribution in [0.3, 0.4) is 0 Å². The molecule has 1 atom stereocenters. The van der Waals surface area contributed by atoms with Crippen LogP contribution in [-0.2, 0) is 6.42 Å². The maximum atomic E-state index is 13.1. The van der Waals surface area contributed by atoms with Crippen molar-refractivity contribution in [2.24, 2.45) is 0 Å². The summed E-state index contributed by atoms with van der Waals surface area (Å²) in [5, 5.41) is 10.0. The summed E-state index contributed by atoms with van der Waals surface area (Å²) in [4.78, 5) is 0. The Bertz CT molecular complexity index is 596. The smallest absolute Gasteiger partial charge is 0.159 e. The zero-order valence-corrected chi connectivity index (χ0v) is 10.3. The van der Waals surface area contributed by atoms with Gasteiger partial charge in [0.05, 0.1) is 6.10 Å². The zero-order chi connectivity index (χ0) is 14.0. The van der Waals surface area contributed by atoms with E-state index >= 15 is 0 Å². The van der Waals surface area contributed by atoms with Crippen LogP contribution in [0.15, 0.2) is 36.4 Å². The van der Waals surface area contributed by atoms with E-state index in [-0.39, 0.29) is 12.2 Å². The number of halogens is 3. The van der Waals surface area contributed by atoms with Crippen molar-refractivity contribution in [3.05, 3.63) is 70.5 Å². The Morgan fingerprint density at radius 2 is 1.63 bits per heavy atom. The van der Waals surface area contributed by atoms with Gasteiger partial charge in [-0.1, -0.05) is 18.2 Å². The molecule has 2 aromatic carbocycles. The quantitative estimate of drug-likeness (QED) is 0.898. The highest BCUT2D eigenvalue weighted by Gasteiger charge is 2.12. The van der Waals surface area contributed by atoms with E-state index in [0.717, 1.165) is 12.1 Å². The average Bonchev–Trinajstić information content (AvgIpc) is 2.37. The lowest BCUT2D eigenvalue weighted by molar-refractivity contribution is 0.178. The fourth-order valence-electron chi connectivity index (χ4n) is 1.88. The predicted molar refractivity (Wildman–Crippen MR) is 66.2 cm³/mol. The molecule has 0 saturated heterocycles. The molecule has 1 nitrogen and oxygen atoms in total. The number of rotatable bonds is 3. The summed E-state index contributed by atoms with van der Waals surface area (Å²) < 4.78 is 38.9. The molecule has 0 aliphatic carbocycles. The van der Waals surface area contributed by atoms with Gasteiger partial charge < -0.3 is 5.11 Å². The largest absolute Gasteiger partial charge is 0.388 e. The highest BCUT2D eigenvalue weighted by Crippen LogP contribution is 2.21. The van der Waals surface area contributed by atoms with E-state index in [4.69, 9.17) is 0 Å². The Morgan fingerprint density at radius 3 is 2.26 bits per heavy atom. The van der Waals surface area contributed by atoms with E-state index in [1.165, 1.54) is 18.2 Å². The first-order chi connectivity index (χ1) is 8.97. The second-order valence-electron chi connectivity index (χ2n) is 4.48. The second-order valence-corrected chi connectivity index (χ2v) is 4.48. The summed E-state index contributed by atoms with van der Waals surface area (Å²) in [6.45, 7) is 1.60. The van der Waals surface area contributed by atoms with E-state index in [0.29, 0.717) is 16.7 Å². The highest BCUT2D eigenvalue weighted by molar-refractivity contribution is 5.27. The Hall–Kier alpha value is -1.81. The van der Waals surface area contributed by atoms with Gasteiger partial charge in [-0.05, 0) is 41.8 Å². The maximum Gasteiger partial charge on any atom is 0.159 e. The van der Waals surface area contributed by atoms with Gasteiger partial charge in [0.25, 0.3) is 0 Å². The van der Waals surface area contributed by atoms with Crippen molar-refractivity contribution in [1.29, 1.82) is 0 Å². The van der Waals surface area contributed by atoms with Crippen LogP contribution in [0.1, 0.15) is 22.8 Å². The van der Waals surface area contributed by atoms with Gasteiger partial charge in [0.2, 0.25) is 0 Å². The minimum absolute atomic E-state index is 0.141. The van der Waals surface area contributed by atoms with E-state index < -0.39 is 17.7 Å². The Morgan fingerprint density at radius 1 is 0.947 bits per heavy atom. The van der Waals surface area contributed by atoms with Gasteiger partial charge in [-0.2, -0.15) is 0 Å². The van der Waals surface area contributed by atoms with Crippen molar-refractivity contribution in [3.8, 4) is 0 Å². The number of aryl methyl sites for hydroxylation is 1. The normalized spacial score (nSPS) is 12.5. The molecule has 0 bridgehead atoms. The Balaban J connectivity index is 2.17. The van der Waals surface area contributed by atoms with Crippen molar-refractivity contribution in [2.75, 3.05) is 0 Å². The third-order valence-electron chi connectivity index (χ3n) is 2.98. The fourth-order valence-corrected chi connectivity index (χ4v) is 1.88. The van der Waals surface area contributed by atoms with E-state index in [9.17, 15) is 18.3 Å². The molecule has 19 heavy (non-hydrogen) atoms. The van der Waals surface area contributed by atoms with Crippen molar-refractivity contribution in [2.45, 2.75) is 19.4 Å². The minimum atomic E-state index is -0.944. The summed E-state index contributed by atoms with van der Waals surface area (Å²) in [5.41, 5.74) is 1.46. The minimum Gasteiger partial charge on any atom is -0.388 e. The molecule has 0 aliphatic heterocycles. The highest BCUT2D eigenvalue weighted by atomic mass is 19.2. The van der Waals surface area contributed by atoms with Crippen molar-refractivity contribution in [1.82, 2.24) is 0 Å². The summed E-state index contributed by atoms with van der Waals surface area (Å²) in [5.74, 6) is -2.21. The third-order valence-corrected chi connectivity index (χ3v) is 2.98. The van der Waals surface area contributed by atoms with Gasteiger partial charge in [-0.3, -0.25) is 0 Å². The summed E-state index contributed by atoms with van der Waals surface area (Å²) in [6.07, 6.45) is -0.744. The molecule has 2 aromatic rings. The molecule has 0 aliphatic rings. The van der Waals surface area contributed by atoms with Crippen molar-refractivity contribution >= 4 is 0 Å². The first kappa shape index (κ1) is 13.6. The first-order valence-electron chi connectivity index (χ1n) is 5.85. The predicted octanol–water partition coefficient (Wildman–Crippen LogP) is 3.69. The van der Waals surface area contributed by atoms with E-state index in [1.807, 2.05) is 0 Å². The molecule has 0 heterocycles. The molecule has 4 heteroatoms. The van der Waals surface area contributed by atoms with Crippen LogP contribution in [-0.4, -0.2) is 5.11 Å². The van der Waals surface area contributed by atoms with E-state index in [1.54, 1.807) is 13.0 Å². The zero-order valence-electron chi connectivity index (χ0n) is 10.3. The molecule has 1 unspecified atom stereocenters. The lowest BCUT2D eigenvalue weighted by Crippen LogP contribution is -2.03. The lowest BCUT2D eigenvalue weighted by Gasteiger charge is -2.12. The molecule has 0 saturated carbocycles.